The smallest absolute Gasteiger partial charge is 0.119 e. The highest BCUT2D eigenvalue weighted by molar-refractivity contribution is 5.31. The van der Waals surface area contributed by atoms with Crippen molar-refractivity contribution in [2.24, 2.45) is 5.92 Å². The van der Waals surface area contributed by atoms with Gasteiger partial charge in [-0.25, -0.2) is 0 Å². The standard InChI is InChI=1S/C16H25NO3/c1-3-19-15-4-6-16(7-5-15)20-9-8-17(2)12-13-10-14(18)11-13/h4-7,13-14,18H,3,8-12H2,1-2H3. The molecule has 0 saturated heterocycles. The molecule has 4 nitrogen and oxygen atoms in total. The molecule has 1 aliphatic carbocycles. The van der Waals surface area contributed by atoms with E-state index in [1.807, 2.05) is 31.2 Å². The second-order valence-corrected chi connectivity index (χ2v) is 5.51. The summed E-state index contributed by atoms with van der Waals surface area (Å²) < 4.78 is 11.1. The zero-order valence-electron chi connectivity index (χ0n) is 12.4. The zero-order valence-corrected chi connectivity index (χ0v) is 12.4. The summed E-state index contributed by atoms with van der Waals surface area (Å²) in [7, 11) is 2.10. The minimum atomic E-state index is -0.0616. The molecular formula is C16H25NO3. The summed E-state index contributed by atoms with van der Waals surface area (Å²) in [6, 6.07) is 7.73. The fourth-order valence-electron chi connectivity index (χ4n) is 2.50. The molecule has 0 heterocycles. The lowest BCUT2D eigenvalue weighted by molar-refractivity contribution is 0.0269. The van der Waals surface area contributed by atoms with E-state index in [0.29, 0.717) is 19.1 Å². The van der Waals surface area contributed by atoms with Gasteiger partial charge in [0.2, 0.25) is 0 Å². The normalized spacial score (nSPS) is 21.6. The van der Waals surface area contributed by atoms with Crippen LogP contribution in [0.5, 0.6) is 11.5 Å². The third-order valence-electron chi connectivity index (χ3n) is 3.66. The predicted octanol–water partition coefficient (Wildman–Crippen LogP) is 2.17. The predicted molar refractivity (Wildman–Crippen MR) is 79.3 cm³/mol. The van der Waals surface area contributed by atoms with Gasteiger partial charge in [0.05, 0.1) is 12.7 Å². The van der Waals surface area contributed by atoms with Crippen LogP contribution in [0.2, 0.25) is 0 Å². The Morgan fingerprint density at radius 3 is 2.30 bits per heavy atom. The lowest BCUT2D eigenvalue weighted by Crippen LogP contribution is -2.38. The molecule has 4 heteroatoms. The molecule has 2 rings (SSSR count). The third kappa shape index (κ3) is 4.69. The number of likely N-dealkylation sites (N-methyl/N-ethyl adjacent to an activating group) is 1. The molecule has 0 radical (unpaired) electrons. The molecule has 0 aromatic heterocycles. The van der Waals surface area contributed by atoms with Crippen LogP contribution in [0, 0.1) is 5.92 Å². The fourth-order valence-corrected chi connectivity index (χ4v) is 2.50. The van der Waals surface area contributed by atoms with Gasteiger partial charge in [0.1, 0.15) is 18.1 Å². The van der Waals surface area contributed by atoms with Crippen molar-refractivity contribution in [1.82, 2.24) is 4.90 Å². The van der Waals surface area contributed by atoms with Crippen LogP contribution >= 0.6 is 0 Å². The maximum Gasteiger partial charge on any atom is 0.119 e. The SMILES string of the molecule is CCOc1ccc(OCCN(C)CC2CC(O)C2)cc1. The first-order chi connectivity index (χ1) is 9.67. The fraction of sp³-hybridized carbons (Fsp3) is 0.625. The van der Waals surface area contributed by atoms with Gasteiger partial charge in [-0.15, -0.1) is 0 Å². The summed E-state index contributed by atoms with van der Waals surface area (Å²) in [6.07, 6.45) is 1.84. The van der Waals surface area contributed by atoms with Gasteiger partial charge in [0.15, 0.2) is 0 Å². The Morgan fingerprint density at radius 2 is 1.75 bits per heavy atom. The monoisotopic (exact) mass is 279 g/mol. The quantitative estimate of drug-likeness (QED) is 0.792. The van der Waals surface area contributed by atoms with E-state index < -0.39 is 0 Å². The van der Waals surface area contributed by atoms with Gasteiger partial charge >= 0.3 is 0 Å². The average molecular weight is 279 g/mol. The Balaban J connectivity index is 1.62. The first-order valence-electron chi connectivity index (χ1n) is 7.39. The van der Waals surface area contributed by atoms with Gasteiger partial charge in [-0.1, -0.05) is 0 Å². The Hall–Kier alpha value is -1.26. The number of hydrogen-bond acceptors (Lipinski definition) is 4. The Morgan fingerprint density at radius 1 is 1.15 bits per heavy atom. The number of ether oxygens (including phenoxy) is 2. The van der Waals surface area contributed by atoms with Crippen LogP contribution in [0.1, 0.15) is 19.8 Å². The maximum absolute atomic E-state index is 9.26. The summed E-state index contributed by atoms with van der Waals surface area (Å²) in [5.41, 5.74) is 0. The molecule has 1 saturated carbocycles. The van der Waals surface area contributed by atoms with Crippen LogP contribution in [0.3, 0.4) is 0 Å². The van der Waals surface area contributed by atoms with Gasteiger partial charge in [-0.2, -0.15) is 0 Å². The molecule has 112 valence electrons. The van der Waals surface area contributed by atoms with Crippen molar-refractivity contribution >= 4 is 0 Å². The topological polar surface area (TPSA) is 41.9 Å². The van der Waals surface area contributed by atoms with Crippen LogP contribution in [-0.4, -0.2) is 49.5 Å². The molecule has 1 N–H and O–H groups in total. The van der Waals surface area contributed by atoms with Crippen molar-refractivity contribution < 1.29 is 14.6 Å². The van der Waals surface area contributed by atoms with E-state index in [0.717, 1.165) is 37.4 Å². The molecule has 1 fully saturated rings. The molecule has 20 heavy (non-hydrogen) atoms. The lowest BCUT2D eigenvalue weighted by Gasteiger charge is -2.34. The Bertz CT molecular complexity index is 387. The van der Waals surface area contributed by atoms with Crippen molar-refractivity contribution in [3.05, 3.63) is 24.3 Å². The van der Waals surface area contributed by atoms with Crippen LogP contribution in [0.4, 0.5) is 0 Å². The van der Waals surface area contributed by atoms with E-state index in [-0.39, 0.29) is 6.10 Å². The Labute approximate surface area is 121 Å². The number of aliphatic hydroxyl groups is 1. The van der Waals surface area contributed by atoms with Crippen molar-refractivity contribution in [3.63, 3.8) is 0 Å². The van der Waals surface area contributed by atoms with Crippen LogP contribution in [0.25, 0.3) is 0 Å². The van der Waals surface area contributed by atoms with Crippen LogP contribution < -0.4 is 9.47 Å². The zero-order chi connectivity index (χ0) is 14.4. The van der Waals surface area contributed by atoms with Gasteiger partial charge in [-0.05, 0) is 57.0 Å². The van der Waals surface area contributed by atoms with E-state index in [2.05, 4.69) is 11.9 Å². The molecule has 0 unspecified atom stereocenters. The average Bonchev–Trinajstić information content (AvgIpc) is 2.39. The number of rotatable bonds is 8. The molecule has 1 aliphatic rings. The van der Waals surface area contributed by atoms with E-state index in [1.54, 1.807) is 0 Å². The van der Waals surface area contributed by atoms with E-state index >= 15 is 0 Å². The van der Waals surface area contributed by atoms with Gasteiger partial charge in [0, 0.05) is 13.1 Å². The maximum atomic E-state index is 9.26. The third-order valence-corrected chi connectivity index (χ3v) is 3.66. The second-order valence-electron chi connectivity index (χ2n) is 5.51. The number of nitrogens with zero attached hydrogens (tertiary/aromatic N) is 1. The number of aliphatic hydroxyl groups excluding tert-OH is 1. The van der Waals surface area contributed by atoms with Gasteiger partial charge in [-0.3, -0.25) is 0 Å². The molecule has 0 aliphatic heterocycles. The molecule has 0 spiro atoms. The first kappa shape index (κ1) is 15.1. The molecule has 0 bridgehead atoms. The number of benzene rings is 1. The largest absolute Gasteiger partial charge is 0.494 e. The number of hydrogen-bond donors (Lipinski definition) is 1. The van der Waals surface area contributed by atoms with Crippen LogP contribution in [0.15, 0.2) is 24.3 Å². The van der Waals surface area contributed by atoms with Crippen molar-refractivity contribution in [3.8, 4) is 11.5 Å². The van der Waals surface area contributed by atoms with E-state index in [9.17, 15) is 5.11 Å². The van der Waals surface area contributed by atoms with Crippen molar-refractivity contribution in [2.45, 2.75) is 25.9 Å². The molecule has 0 amide bonds. The summed E-state index contributed by atoms with van der Waals surface area (Å²) in [4.78, 5) is 2.27. The highest BCUT2D eigenvalue weighted by Gasteiger charge is 2.27. The summed E-state index contributed by atoms with van der Waals surface area (Å²) in [5, 5.41) is 9.26. The minimum absolute atomic E-state index is 0.0616. The molecular weight excluding hydrogens is 254 g/mol. The molecule has 1 aromatic carbocycles. The highest BCUT2D eigenvalue weighted by Crippen LogP contribution is 2.27. The molecule has 0 atom stereocenters. The van der Waals surface area contributed by atoms with E-state index in [1.165, 1.54) is 0 Å². The highest BCUT2D eigenvalue weighted by atomic mass is 16.5. The van der Waals surface area contributed by atoms with E-state index in [4.69, 9.17) is 9.47 Å². The second kappa shape index (κ2) is 7.50. The lowest BCUT2D eigenvalue weighted by atomic mass is 9.82. The summed E-state index contributed by atoms with van der Waals surface area (Å²) in [6.45, 7) is 5.28. The van der Waals surface area contributed by atoms with Crippen LogP contribution in [-0.2, 0) is 0 Å². The van der Waals surface area contributed by atoms with Crippen molar-refractivity contribution in [2.75, 3.05) is 33.4 Å². The summed E-state index contributed by atoms with van der Waals surface area (Å²) in [5.74, 6) is 2.40. The van der Waals surface area contributed by atoms with Gasteiger partial charge < -0.3 is 19.5 Å². The first-order valence-corrected chi connectivity index (χ1v) is 7.39. The van der Waals surface area contributed by atoms with Crippen molar-refractivity contribution in [1.29, 1.82) is 0 Å². The van der Waals surface area contributed by atoms with Gasteiger partial charge in [0.25, 0.3) is 0 Å². The minimum Gasteiger partial charge on any atom is -0.494 e. The Kier molecular flexibility index (Phi) is 5.68. The molecule has 1 aromatic rings. The summed E-state index contributed by atoms with van der Waals surface area (Å²) >= 11 is 0.